The van der Waals surface area contributed by atoms with E-state index in [1.54, 1.807) is 33.8 Å². The van der Waals surface area contributed by atoms with Crippen LogP contribution in [-0.2, 0) is 22.0 Å². The molecule has 0 fully saturated rings. The number of hydrogen-bond donors (Lipinski definition) is 1. The van der Waals surface area contributed by atoms with Crippen molar-refractivity contribution in [2.45, 2.75) is 83.6 Å². The Labute approximate surface area is 183 Å². The Balaban J connectivity index is 3.26. The number of alkyl halides is 3. The maximum atomic E-state index is 13.6. The molecule has 0 radical (unpaired) electrons. The van der Waals surface area contributed by atoms with Crippen molar-refractivity contribution >= 4 is 19.7 Å². The average molecular weight is 462 g/mol. The Hall–Kier alpha value is -0.983. The van der Waals surface area contributed by atoms with Crippen LogP contribution in [0.1, 0.15) is 71.2 Å². The third-order valence-electron chi connectivity index (χ3n) is 5.23. The second-order valence-corrected chi connectivity index (χ2v) is 16.6. The molecule has 30 heavy (non-hydrogen) atoms. The Bertz CT molecular complexity index is 787. The van der Waals surface area contributed by atoms with E-state index in [-0.39, 0.29) is 17.2 Å². The van der Waals surface area contributed by atoms with E-state index in [0.717, 1.165) is 6.07 Å². The molecular weight excluding hydrogens is 427 g/mol. The van der Waals surface area contributed by atoms with Crippen molar-refractivity contribution in [3.05, 3.63) is 34.9 Å². The van der Waals surface area contributed by atoms with Gasteiger partial charge in [0.15, 0.2) is 8.32 Å². The molecule has 1 aromatic rings. The summed E-state index contributed by atoms with van der Waals surface area (Å²) in [6.45, 7) is 17.6. The van der Waals surface area contributed by atoms with Gasteiger partial charge >= 0.3 is 6.18 Å². The molecule has 0 aromatic heterocycles. The fourth-order valence-corrected chi connectivity index (χ4v) is 3.93. The first kappa shape index (κ1) is 27.1. The highest BCUT2D eigenvalue weighted by atomic mass is 32.2. The molecule has 170 valence electrons. The van der Waals surface area contributed by atoms with Gasteiger partial charge in [-0.2, -0.15) is 13.2 Å². The van der Waals surface area contributed by atoms with E-state index >= 15 is 0 Å². The van der Waals surface area contributed by atoms with Crippen molar-refractivity contribution in [1.29, 1.82) is 0 Å². The molecule has 1 unspecified atom stereocenters. The van der Waals surface area contributed by atoms with Gasteiger partial charge in [0.25, 0.3) is 0 Å². The zero-order valence-electron chi connectivity index (χ0n) is 19.4. The summed E-state index contributed by atoms with van der Waals surface area (Å²) in [6.07, 6.45) is -4.54. The van der Waals surface area contributed by atoms with Crippen LogP contribution in [0.5, 0.6) is 0 Å². The van der Waals surface area contributed by atoms with Crippen LogP contribution in [0.4, 0.5) is 13.2 Å². The van der Waals surface area contributed by atoms with Crippen molar-refractivity contribution in [3.63, 3.8) is 0 Å². The summed E-state index contributed by atoms with van der Waals surface area (Å²) in [6, 6.07) is 3.40. The highest BCUT2D eigenvalue weighted by Gasteiger charge is 2.37. The lowest BCUT2D eigenvalue weighted by Crippen LogP contribution is -2.40. The van der Waals surface area contributed by atoms with Crippen molar-refractivity contribution < 1.29 is 22.2 Å². The van der Waals surface area contributed by atoms with Gasteiger partial charge < -0.3 is 8.98 Å². The van der Waals surface area contributed by atoms with Gasteiger partial charge in [-0.1, -0.05) is 44.7 Å². The quantitative estimate of drug-likeness (QED) is 0.323. The molecule has 0 amide bonds. The van der Waals surface area contributed by atoms with Crippen LogP contribution in [0.15, 0.2) is 18.2 Å². The number of rotatable bonds is 5. The Morgan fingerprint density at radius 3 is 2.17 bits per heavy atom. The third-order valence-corrected chi connectivity index (χ3v) is 11.4. The predicted octanol–water partition coefficient (Wildman–Crippen LogP) is 6.19. The largest absolute Gasteiger partial charge is 0.598 e. The van der Waals surface area contributed by atoms with E-state index in [2.05, 4.69) is 50.4 Å². The normalized spacial score (nSPS) is 15.4. The minimum atomic E-state index is -4.54. The molecule has 0 bridgehead atoms. The van der Waals surface area contributed by atoms with Crippen LogP contribution in [0.2, 0.25) is 18.1 Å². The molecule has 1 aromatic carbocycles. The van der Waals surface area contributed by atoms with Gasteiger partial charge in [-0.05, 0) is 57.5 Å². The third kappa shape index (κ3) is 7.31. The molecule has 3 nitrogen and oxygen atoms in total. The van der Waals surface area contributed by atoms with E-state index < -0.39 is 42.2 Å². The predicted molar refractivity (Wildman–Crippen MR) is 121 cm³/mol. The Kier molecular flexibility index (Phi) is 8.71. The van der Waals surface area contributed by atoms with E-state index in [1.165, 1.54) is 6.07 Å². The van der Waals surface area contributed by atoms with Crippen LogP contribution < -0.4 is 4.72 Å². The van der Waals surface area contributed by atoms with E-state index in [0.29, 0.717) is 5.56 Å². The summed E-state index contributed by atoms with van der Waals surface area (Å²) in [7, 11) is -2.05. The second kappa shape index (κ2) is 9.66. The fraction of sp³-hybridized carbons (Fsp3) is 0.636. The lowest BCUT2D eigenvalue weighted by atomic mass is 9.96. The van der Waals surface area contributed by atoms with Gasteiger partial charge in [-0.25, -0.2) is 0 Å². The molecule has 0 saturated heterocycles. The molecule has 0 aliphatic heterocycles. The molecule has 1 N–H and O–H groups in total. The van der Waals surface area contributed by atoms with E-state index in [4.69, 9.17) is 4.43 Å². The zero-order valence-corrected chi connectivity index (χ0v) is 21.2. The first-order chi connectivity index (χ1) is 13.4. The van der Waals surface area contributed by atoms with Crippen LogP contribution in [0.25, 0.3) is 0 Å². The van der Waals surface area contributed by atoms with Crippen molar-refractivity contribution in [1.82, 2.24) is 4.72 Å². The van der Waals surface area contributed by atoms with Crippen LogP contribution >= 0.6 is 0 Å². The van der Waals surface area contributed by atoms with Gasteiger partial charge in [0.1, 0.15) is 4.75 Å². The van der Waals surface area contributed by atoms with E-state index in [1.807, 2.05) is 0 Å². The summed E-state index contributed by atoms with van der Waals surface area (Å²) < 4.78 is 61.6. The lowest BCUT2D eigenvalue weighted by molar-refractivity contribution is -0.137. The fourth-order valence-electron chi connectivity index (χ4n) is 2.27. The van der Waals surface area contributed by atoms with Gasteiger partial charge in [-0.15, -0.1) is 4.72 Å². The average Bonchev–Trinajstić information content (AvgIpc) is 2.55. The van der Waals surface area contributed by atoms with Crippen molar-refractivity contribution in [2.75, 3.05) is 6.61 Å². The van der Waals surface area contributed by atoms with Gasteiger partial charge in [0.2, 0.25) is 0 Å². The topological polar surface area (TPSA) is 44.3 Å². The monoisotopic (exact) mass is 461 g/mol. The molecule has 0 saturated carbocycles. The summed E-state index contributed by atoms with van der Waals surface area (Å²) in [5.74, 6) is 5.47. The second-order valence-electron chi connectivity index (χ2n) is 9.84. The molecule has 8 heteroatoms. The first-order valence-electron chi connectivity index (χ1n) is 9.89. The van der Waals surface area contributed by atoms with Crippen LogP contribution in [0, 0.1) is 11.8 Å². The Morgan fingerprint density at radius 1 is 1.13 bits per heavy atom. The highest BCUT2D eigenvalue weighted by molar-refractivity contribution is 7.90. The van der Waals surface area contributed by atoms with Crippen LogP contribution in [-0.4, -0.2) is 24.2 Å². The molecule has 0 aliphatic rings. The minimum absolute atomic E-state index is 0.0147. The highest BCUT2D eigenvalue weighted by Crippen LogP contribution is 2.37. The maximum absolute atomic E-state index is 13.6. The summed E-state index contributed by atoms with van der Waals surface area (Å²) in [5.41, 5.74) is -0.535. The minimum Gasteiger partial charge on any atom is -0.598 e. The lowest BCUT2D eigenvalue weighted by Gasteiger charge is -2.35. The number of benzene rings is 1. The molecule has 2 atom stereocenters. The molecule has 1 rings (SSSR count). The van der Waals surface area contributed by atoms with Crippen LogP contribution in [0.3, 0.4) is 0 Å². The van der Waals surface area contributed by atoms with Gasteiger partial charge in [0, 0.05) is 16.9 Å². The summed E-state index contributed by atoms with van der Waals surface area (Å²) in [5, 5.41) is -0.0147. The first-order valence-corrected chi connectivity index (χ1v) is 13.9. The summed E-state index contributed by atoms with van der Waals surface area (Å²) in [4.78, 5) is 0. The number of hydrogen-bond acceptors (Lipinski definition) is 3. The molecule has 0 spiro atoms. The smallest absolute Gasteiger partial charge is 0.417 e. The number of nitrogens with one attached hydrogen (secondary N) is 1. The maximum Gasteiger partial charge on any atom is 0.417 e. The van der Waals surface area contributed by atoms with Gasteiger partial charge in [0.05, 0.1) is 18.2 Å². The van der Waals surface area contributed by atoms with Crippen molar-refractivity contribution in [3.8, 4) is 11.8 Å². The number of halogens is 3. The Morgan fingerprint density at radius 2 is 1.70 bits per heavy atom. The van der Waals surface area contributed by atoms with Gasteiger partial charge in [-0.3, -0.25) is 0 Å². The SMILES string of the molecule is CC(N[S@@+]([O-])C(C)(C)C)c1cccc(C(F)(F)F)c1C#CCO[Si](C)(C)C(C)(C)C. The standard InChI is InChI=1S/C22H34F3NO2SSi/c1-16(26-29(27)20(2,3)4)17-12-10-14-19(22(23,24)25)18(17)13-11-15-28-30(8,9)21(5,6)7/h10,12,14,16,26H,15H2,1-9H3/t16?,29-/m0/s1. The van der Waals surface area contributed by atoms with Crippen molar-refractivity contribution in [2.24, 2.45) is 0 Å². The molecule has 0 aliphatic carbocycles. The molecular formula is C22H34F3NO2SSi. The molecule has 0 heterocycles. The van der Waals surface area contributed by atoms with E-state index in [9.17, 15) is 17.7 Å². The zero-order chi connectivity index (χ0) is 23.5. The summed E-state index contributed by atoms with van der Waals surface area (Å²) >= 11 is -1.43.